The second kappa shape index (κ2) is 5.01. The van der Waals surface area contributed by atoms with Gasteiger partial charge in [-0.2, -0.15) is 0 Å². The molecule has 0 aromatic heterocycles. The highest BCUT2D eigenvalue weighted by atomic mass is 32.2. The molecule has 6 heteroatoms. The molecular formula is C12H20N2O3S. The number of carbonyl (C=O) groups is 1. The van der Waals surface area contributed by atoms with E-state index in [0.717, 1.165) is 31.1 Å². The van der Waals surface area contributed by atoms with Gasteiger partial charge < -0.3 is 11.1 Å². The maximum absolute atomic E-state index is 11.9. The number of nitrogens with one attached hydrogen (secondary N) is 1. The third kappa shape index (κ3) is 3.55. The van der Waals surface area contributed by atoms with E-state index in [1.165, 1.54) is 12.5 Å². The lowest BCUT2D eigenvalue weighted by molar-refractivity contribution is -0.122. The Morgan fingerprint density at radius 3 is 2.56 bits per heavy atom. The first-order chi connectivity index (χ1) is 8.39. The zero-order chi connectivity index (χ0) is 13.2. The molecule has 0 saturated heterocycles. The first-order valence-corrected chi connectivity index (χ1v) is 8.09. The number of carbonyl (C=O) groups excluding carboxylic acids is 1. The fraction of sp³-hybridized carbons (Fsp3) is 0.750. The van der Waals surface area contributed by atoms with Gasteiger partial charge in [0.25, 0.3) is 0 Å². The van der Waals surface area contributed by atoms with E-state index in [9.17, 15) is 13.2 Å². The molecule has 1 amide bonds. The van der Waals surface area contributed by atoms with Gasteiger partial charge in [0.1, 0.15) is 0 Å². The van der Waals surface area contributed by atoms with Crippen LogP contribution in [0.4, 0.5) is 0 Å². The van der Waals surface area contributed by atoms with Crippen molar-refractivity contribution < 1.29 is 13.2 Å². The van der Waals surface area contributed by atoms with Crippen molar-refractivity contribution in [2.24, 2.45) is 5.73 Å². The first kappa shape index (κ1) is 13.5. The van der Waals surface area contributed by atoms with E-state index in [0.29, 0.717) is 0 Å². The molecule has 1 aliphatic carbocycles. The molecule has 0 aromatic carbocycles. The monoisotopic (exact) mass is 272 g/mol. The molecule has 2 rings (SSSR count). The quantitative estimate of drug-likeness (QED) is 0.781. The van der Waals surface area contributed by atoms with Crippen LogP contribution in [0.1, 0.15) is 38.5 Å². The molecule has 5 nitrogen and oxygen atoms in total. The SMILES string of the molecule is NC1(CC(=O)NC2C=CS(=O)(=O)C2)CCCCC1. The second-order valence-electron chi connectivity index (χ2n) is 5.43. The van der Waals surface area contributed by atoms with E-state index < -0.39 is 21.4 Å². The molecule has 1 atom stereocenters. The third-order valence-electron chi connectivity index (χ3n) is 3.64. The number of hydrogen-bond acceptors (Lipinski definition) is 4. The highest BCUT2D eigenvalue weighted by Gasteiger charge is 2.31. The number of sulfone groups is 1. The Balaban J connectivity index is 1.84. The van der Waals surface area contributed by atoms with Crippen LogP contribution in [0.5, 0.6) is 0 Å². The van der Waals surface area contributed by atoms with Gasteiger partial charge in [0, 0.05) is 17.4 Å². The molecule has 0 spiro atoms. The molecule has 1 fully saturated rings. The molecule has 1 saturated carbocycles. The Kier molecular flexibility index (Phi) is 3.77. The fourth-order valence-electron chi connectivity index (χ4n) is 2.68. The Labute approximate surface area is 108 Å². The molecule has 0 aromatic rings. The highest BCUT2D eigenvalue weighted by Crippen LogP contribution is 2.28. The minimum atomic E-state index is -3.12. The maximum atomic E-state index is 11.9. The summed E-state index contributed by atoms with van der Waals surface area (Å²) in [5, 5.41) is 3.89. The molecule has 0 radical (unpaired) electrons. The minimum Gasteiger partial charge on any atom is -0.349 e. The summed E-state index contributed by atoms with van der Waals surface area (Å²) in [6.45, 7) is 0. The largest absolute Gasteiger partial charge is 0.349 e. The molecule has 1 unspecified atom stereocenters. The Bertz CT molecular complexity index is 450. The summed E-state index contributed by atoms with van der Waals surface area (Å²) in [6.07, 6.45) is 6.89. The van der Waals surface area contributed by atoms with Gasteiger partial charge in [0.2, 0.25) is 5.91 Å². The van der Waals surface area contributed by atoms with Crippen molar-refractivity contribution in [3.63, 3.8) is 0 Å². The second-order valence-corrected chi connectivity index (χ2v) is 7.36. The molecule has 102 valence electrons. The van der Waals surface area contributed by atoms with Crippen LogP contribution in [0.15, 0.2) is 11.5 Å². The topological polar surface area (TPSA) is 89.3 Å². The summed E-state index contributed by atoms with van der Waals surface area (Å²) in [4.78, 5) is 11.9. The third-order valence-corrected chi connectivity index (χ3v) is 5.03. The standard InChI is InChI=1S/C12H20N2O3S/c13-12(5-2-1-3-6-12)8-11(15)14-10-4-7-18(16,17)9-10/h4,7,10H,1-3,5-6,8-9,13H2,(H,14,15). The molecule has 18 heavy (non-hydrogen) atoms. The van der Waals surface area contributed by atoms with Crippen LogP contribution >= 0.6 is 0 Å². The number of amides is 1. The average Bonchev–Trinajstić information content (AvgIpc) is 2.57. The van der Waals surface area contributed by atoms with Crippen molar-refractivity contribution in [3.8, 4) is 0 Å². The number of hydrogen-bond donors (Lipinski definition) is 2. The molecule has 2 aliphatic rings. The lowest BCUT2D eigenvalue weighted by Crippen LogP contribution is -2.47. The zero-order valence-electron chi connectivity index (χ0n) is 10.4. The predicted molar refractivity (Wildman–Crippen MR) is 69.5 cm³/mol. The van der Waals surface area contributed by atoms with Gasteiger partial charge in [-0.25, -0.2) is 8.42 Å². The van der Waals surface area contributed by atoms with Crippen LogP contribution in [0.3, 0.4) is 0 Å². The van der Waals surface area contributed by atoms with Crippen LogP contribution in [0, 0.1) is 0 Å². The van der Waals surface area contributed by atoms with Crippen molar-refractivity contribution in [1.82, 2.24) is 5.32 Å². The summed E-state index contributed by atoms with van der Waals surface area (Å²) in [6, 6.07) is -0.394. The van der Waals surface area contributed by atoms with E-state index >= 15 is 0 Å². The Morgan fingerprint density at radius 2 is 2.00 bits per heavy atom. The van der Waals surface area contributed by atoms with Gasteiger partial charge in [0.05, 0.1) is 11.8 Å². The lowest BCUT2D eigenvalue weighted by atomic mass is 9.80. The number of rotatable bonds is 3. The van der Waals surface area contributed by atoms with Crippen LogP contribution in [-0.4, -0.2) is 31.7 Å². The molecule has 1 heterocycles. The zero-order valence-corrected chi connectivity index (χ0v) is 11.2. The van der Waals surface area contributed by atoms with E-state index in [4.69, 9.17) is 5.73 Å². The van der Waals surface area contributed by atoms with Gasteiger partial charge in [0.15, 0.2) is 9.84 Å². The predicted octanol–water partition coefficient (Wildman–Crippen LogP) is 0.465. The van der Waals surface area contributed by atoms with Crippen molar-refractivity contribution in [3.05, 3.63) is 11.5 Å². The highest BCUT2D eigenvalue weighted by molar-refractivity contribution is 7.94. The van der Waals surface area contributed by atoms with Crippen LogP contribution < -0.4 is 11.1 Å². The maximum Gasteiger partial charge on any atom is 0.222 e. The van der Waals surface area contributed by atoms with E-state index in [1.54, 1.807) is 0 Å². The minimum absolute atomic E-state index is 0.0314. The van der Waals surface area contributed by atoms with Gasteiger partial charge >= 0.3 is 0 Å². The molecule has 1 aliphatic heterocycles. The van der Waals surface area contributed by atoms with E-state index in [-0.39, 0.29) is 18.1 Å². The van der Waals surface area contributed by atoms with Gasteiger partial charge in [-0.05, 0) is 18.9 Å². The van der Waals surface area contributed by atoms with Gasteiger partial charge in [-0.1, -0.05) is 19.3 Å². The summed E-state index contributed by atoms with van der Waals surface area (Å²) < 4.78 is 22.4. The van der Waals surface area contributed by atoms with Gasteiger partial charge in [-0.15, -0.1) is 0 Å². The summed E-state index contributed by atoms with van der Waals surface area (Å²) >= 11 is 0. The Hall–Kier alpha value is -0.880. The number of nitrogens with two attached hydrogens (primary N) is 1. The lowest BCUT2D eigenvalue weighted by Gasteiger charge is -2.33. The molecule has 0 bridgehead atoms. The van der Waals surface area contributed by atoms with E-state index in [1.807, 2.05) is 0 Å². The molecular weight excluding hydrogens is 252 g/mol. The van der Waals surface area contributed by atoms with E-state index in [2.05, 4.69) is 5.32 Å². The smallest absolute Gasteiger partial charge is 0.222 e. The van der Waals surface area contributed by atoms with Crippen molar-refractivity contribution in [2.45, 2.75) is 50.1 Å². The van der Waals surface area contributed by atoms with Crippen molar-refractivity contribution in [1.29, 1.82) is 0 Å². The summed E-state index contributed by atoms with van der Waals surface area (Å²) in [5.74, 6) is -0.179. The summed E-state index contributed by atoms with van der Waals surface area (Å²) in [7, 11) is -3.12. The normalized spacial score (nSPS) is 29.1. The van der Waals surface area contributed by atoms with Crippen molar-refractivity contribution in [2.75, 3.05) is 5.75 Å². The summed E-state index contributed by atoms with van der Waals surface area (Å²) in [5.41, 5.74) is 5.79. The Morgan fingerprint density at radius 1 is 1.33 bits per heavy atom. The average molecular weight is 272 g/mol. The fourth-order valence-corrected chi connectivity index (χ4v) is 3.91. The first-order valence-electron chi connectivity index (χ1n) is 6.38. The van der Waals surface area contributed by atoms with Crippen LogP contribution in [0.25, 0.3) is 0 Å². The van der Waals surface area contributed by atoms with Gasteiger partial charge in [-0.3, -0.25) is 4.79 Å². The van der Waals surface area contributed by atoms with Crippen LogP contribution in [0.2, 0.25) is 0 Å². The molecule has 3 N–H and O–H groups in total. The van der Waals surface area contributed by atoms with Crippen molar-refractivity contribution >= 4 is 15.7 Å². The van der Waals surface area contributed by atoms with Crippen LogP contribution in [-0.2, 0) is 14.6 Å².